The van der Waals surface area contributed by atoms with E-state index in [1.807, 2.05) is 19.0 Å². The predicted octanol–water partition coefficient (Wildman–Crippen LogP) is 2.90. The number of aromatic nitrogens is 3. The number of likely N-dealkylation sites (N-methyl/N-ethyl adjacent to an activating group) is 1. The van der Waals surface area contributed by atoms with Crippen LogP contribution in [-0.2, 0) is 7.05 Å². The van der Waals surface area contributed by atoms with Gasteiger partial charge in [0.2, 0.25) is 0 Å². The molecule has 1 aromatic carbocycles. The number of rotatable bonds is 6. The zero-order chi connectivity index (χ0) is 18.8. The second-order valence-corrected chi connectivity index (χ2v) is 7.41. The molecule has 0 aliphatic heterocycles. The number of amides is 1. The van der Waals surface area contributed by atoms with Crippen molar-refractivity contribution in [1.82, 2.24) is 19.7 Å². The van der Waals surface area contributed by atoms with Gasteiger partial charge in [-0.1, -0.05) is 22.9 Å². The number of hydrogen-bond donors (Lipinski definition) is 0. The molecule has 0 fully saturated rings. The molecule has 0 aliphatic rings. The molecule has 0 unspecified atom stereocenters. The van der Waals surface area contributed by atoms with Gasteiger partial charge in [-0.05, 0) is 32.3 Å². The van der Waals surface area contributed by atoms with Crippen LogP contribution in [0.1, 0.15) is 10.5 Å². The first kappa shape index (κ1) is 18.6. The molecule has 3 aromatic rings. The Morgan fingerprint density at radius 2 is 2.08 bits per heavy atom. The Morgan fingerprint density at radius 1 is 1.31 bits per heavy atom. The Labute approximate surface area is 160 Å². The van der Waals surface area contributed by atoms with Gasteiger partial charge >= 0.3 is 0 Å². The fraction of sp³-hybridized carbons (Fsp3) is 0.353. The maximum atomic E-state index is 13.1. The molecule has 138 valence electrons. The topological polar surface area (TPSA) is 63.5 Å². The maximum absolute atomic E-state index is 13.1. The lowest BCUT2D eigenvalue weighted by Crippen LogP contribution is -2.37. The third kappa shape index (κ3) is 3.53. The summed E-state index contributed by atoms with van der Waals surface area (Å²) in [6.45, 7) is 1.20. The van der Waals surface area contributed by atoms with Crippen molar-refractivity contribution in [2.75, 3.05) is 39.2 Å². The smallest absolute Gasteiger partial charge is 0.278 e. The Morgan fingerprint density at radius 3 is 2.69 bits per heavy atom. The number of benzene rings is 1. The van der Waals surface area contributed by atoms with E-state index in [2.05, 4.69) is 10.1 Å². The van der Waals surface area contributed by atoms with Crippen LogP contribution < -0.4 is 9.64 Å². The van der Waals surface area contributed by atoms with E-state index in [4.69, 9.17) is 16.3 Å². The number of aryl methyl sites for hydroxylation is 1. The van der Waals surface area contributed by atoms with Gasteiger partial charge in [0, 0.05) is 26.3 Å². The first-order valence-electron chi connectivity index (χ1n) is 8.00. The maximum Gasteiger partial charge on any atom is 0.278 e. The zero-order valence-corrected chi connectivity index (χ0v) is 16.6. The van der Waals surface area contributed by atoms with Gasteiger partial charge in [0.25, 0.3) is 5.91 Å². The van der Waals surface area contributed by atoms with E-state index in [0.717, 1.165) is 4.70 Å². The standard InChI is InChI=1S/C17H20ClN5O2S/c1-21(2)9-10-23(16(24)12-7-8-19-22(12)3)17-20-14-13(25-4)6-5-11(18)15(14)26-17/h5-8H,9-10H2,1-4H3. The Hall–Kier alpha value is -2.16. The first-order valence-corrected chi connectivity index (χ1v) is 9.19. The van der Waals surface area contributed by atoms with Crippen molar-refractivity contribution in [1.29, 1.82) is 0 Å². The molecule has 3 rings (SSSR count). The largest absolute Gasteiger partial charge is 0.494 e. The van der Waals surface area contributed by atoms with Crippen LogP contribution in [0.3, 0.4) is 0 Å². The van der Waals surface area contributed by atoms with Gasteiger partial charge in [-0.3, -0.25) is 14.4 Å². The van der Waals surface area contributed by atoms with Crippen LogP contribution in [0.2, 0.25) is 5.02 Å². The molecular formula is C17H20ClN5O2S. The number of halogens is 1. The van der Waals surface area contributed by atoms with E-state index in [0.29, 0.717) is 40.2 Å². The van der Waals surface area contributed by atoms with Crippen LogP contribution in [0.15, 0.2) is 24.4 Å². The molecule has 0 aliphatic carbocycles. The van der Waals surface area contributed by atoms with E-state index < -0.39 is 0 Å². The second kappa shape index (κ2) is 7.61. The van der Waals surface area contributed by atoms with Gasteiger partial charge in [-0.2, -0.15) is 5.10 Å². The van der Waals surface area contributed by atoms with Gasteiger partial charge < -0.3 is 9.64 Å². The number of carbonyl (C=O) groups excluding carboxylic acids is 1. The van der Waals surface area contributed by atoms with Gasteiger partial charge in [0.05, 0.1) is 16.8 Å². The molecule has 0 N–H and O–H groups in total. The molecule has 26 heavy (non-hydrogen) atoms. The molecular weight excluding hydrogens is 374 g/mol. The molecule has 9 heteroatoms. The third-order valence-electron chi connectivity index (χ3n) is 3.95. The highest BCUT2D eigenvalue weighted by atomic mass is 35.5. The minimum atomic E-state index is -0.152. The summed E-state index contributed by atoms with van der Waals surface area (Å²) in [6, 6.07) is 5.25. The molecule has 2 aromatic heterocycles. The molecule has 0 spiro atoms. The van der Waals surface area contributed by atoms with Gasteiger partial charge in [-0.15, -0.1) is 0 Å². The average molecular weight is 394 g/mol. The van der Waals surface area contributed by atoms with Gasteiger partial charge in [-0.25, -0.2) is 4.98 Å². The average Bonchev–Trinajstić information content (AvgIpc) is 3.22. The molecule has 0 saturated heterocycles. The highest BCUT2D eigenvalue weighted by molar-refractivity contribution is 7.23. The SMILES string of the molecule is COc1ccc(Cl)c2sc(N(CCN(C)C)C(=O)c3ccnn3C)nc12. The quantitative estimate of drug-likeness (QED) is 0.644. The monoisotopic (exact) mass is 393 g/mol. The summed E-state index contributed by atoms with van der Waals surface area (Å²) in [7, 11) is 7.26. The number of ether oxygens (including phenoxy) is 1. The molecule has 2 heterocycles. The lowest BCUT2D eigenvalue weighted by molar-refractivity contribution is 0.0976. The third-order valence-corrected chi connectivity index (χ3v) is 5.49. The van der Waals surface area contributed by atoms with Crippen molar-refractivity contribution in [2.24, 2.45) is 7.05 Å². The van der Waals surface area contributed by atoms with Crippen LogP contribution in [0.5, 0.6) is 5.75 Å². The first-order chi connectivity index (χ1) is 12.4. The number of hydrogen-bond acceptors (Lipinski definition) is 6. The highest BCUT2D eigenvalue weighted by Gasteiger charge is 2.24. The number of nitrogens with zero attached hydrogens (tertiary/aromatic N) is 5. The minimum Gasteiger partial charge on any atom is -0.494 e. The minimum absolute atomic E-state index is 0.152. The number of anilines is 1. The number of methoxy groups -OCH3 is 1. The Bertz CT molecular complexity index is 937. The number of thiazole rings is 1. The van der Waals surface area contributed by atoms with E-state index in [1.165, 1.54) is 11.3 Å². The molecule has 0 atom stereocenters. The van der Waals surface area contributed by atoms with Crippen molar-refractivity contribution >= 4 is 44.2 Å². The molecule has 0 bridgehead atoms. The second-order valence-electron chi connectivity index (χ2n) is 6.02. The van der Waals surface area contributed by atoms with E-state index in [1.54, 1.807) is 48.1 Å². The van der Waals surface area contributed by atoms with Crippen molar-refractivity contribution in [2.45, 2.75) is 0 Å². The van der Waals surface area contributed by atoms with E-state index >= 15 is 0 Å². The summed E-state index contributed by atoms with van der Waals surface area (Å²) in [5, 5.41) is 5.26. The van der Waals surface area contributed by atoms with Crippen molar-refractivity contribution in [3.8, 4) is 5.75 Å². The van der Waals surface area contributed by atoms with E-state index in [-0.39, 0.29) is 5.91 Å². The predicted molar refractivity (Wildman–Crippen MR) is 105 cm³/mol. The van der Waals surface area contributed by atoms with Crippen LogP contribution in [0, 0.1) is 0 Å². The molecule has 7 nitrogen and oxygen atoms in total. The van der Waals surface area contributed by atoms with Crippen LogP contribution in [-0.4, -0.2) is 59.9 Å². The fourth-order valence-electron chi connectivity index (χ4n) is 2.53. The number of carbonyl (C=O) groups is 1. The molecule has 0 radical (unpaired) electrons. The lowest BCUT2D eigenvalue weighted by Gasteiger charge is -2.21. The highest BCUT2D eigenvalue weighted by Crippen LogP contribution is 2.38. The lowest BCUT2D eigenvalue weighted by atomic mass is 10.3. The van der Waals surface area contributed by atoms with Crippen molar-refractivity contribution in [3.63, 3.8) is 0 Å². The summed E-state index contributed by atoms with van der Waals surface area (Å²) in [5.74, 6) is 0.480. The van der Waals surface area contributed by atoms with Gasteiger partial charge in [0.1, 0.15) is 17.0 Å². The summed E-state index contributed by atoms with van der Waals surface area (Å²) >= 11 is 7.70. The molecule has 1 amide bonds. The van der Waals surface area contributed by atoms with Crippen LogP contribution in [0.4, 0.5) is 5.13 Å². The van der Waals surface area contributed by atoms with Crippen LogP contribution in [0.25, 0.3) is 10.2 Å². The van der Waals surface area contributed by atoms with Gasteiger partial charge in [0.15, 0.2) is 5.13 Å². The Kier molecular flexibility index (Phi) is 5.45. The summed E-state index contributed by atoms with van der Waals surface area (Å²) in [6.07, 6.45) is 1.61. The fourth-order valence-corrected chi connectivity index (χ4v) is 3.81. The van der Waals surface area contributed by atoms with Crippen molar-refractivity contribution in [3.05, 3.63) is 35.1 Å². The summed E-state index contributed by atoms with van der Waals surface area (Å²) in [5.41, 5.74) is 1.16. The van der Waals surface area contributed by atoms with Crippen LogP contribution >= 0.6 is 22.9 Å². The van der Waals surface area contributed by atoms with E-state index in [9.17, 15) is 4.79 Å². The number of fused-ring (bicyclic) bond motifs is 1. The normalized spacial score (nSPS) is 11.3. The summed E-state index contributed by atoms with van der Waals surface area (Å²) < 4.78 is 7.75. The zero-order valence-electron chi connectivity index (χ0n) is 15.1. The molecule has 0 saturated carbocycles. The summed E-state index contributed by atoms with van der Waals surface area (Å²) in [4.78, 5) is 21.4. The van der Waals surface area contributed by atoms with Crippen molar-refractivity contribution < 1.29 is 9.53 Å². The Balaban J connectivity index is 2.07.